The van der Waals surface area contributed by atoms with Gasteiger partial charge in [0.25, 0.3) is 0 Å². The highest BCUT2D eigenvalue weighted by Crippen LogP contribution is 2.25. The molecule has 1 aromatic heterocycles. The largest absolute Gasteiger partial charge is 0.374 e. The predicted molar refractivity (Wildman–Crippen MR) is 125 cm³/mol. The predicted octanol–water partition coefficient (Wildman–Crippen LogP) is 3.08. The van der Waals surface area contributed by atoms with Gasteiger partial charge >= 0.3 is 0 Å². The van der Waals surface area contributed by atoms with Crippen molar-refractivity contribution in [3.63, 3.8) is 0 Å². The molecule has 0 aliphatic carbocycles. The van der Waals surface area contributed by atoms with Gasteiger partial charge in [-0.15, -0.1) is 35.3 Å². The second kappa shape index (κ2) is 11.5. The number of nitrogens with zero attached hydrogens (tertiary/aromatic N) is 3. The maximum Gasteiger partial charge on any atom is 0.191 e. The summed E-state index contributed by atoms with van der Waals surface area (Å²) in [6.07, 6.45) is 0.202. The van der Waals surface area contributed by atoms with Crippen LogP contribution < -0.4 is 10.6 Å². The average Bonchev–Trinajstić information content (AvgIpc) is 3.04. The smallest absolute Gasteiger partial charge is 0.191 e. The lowest BCUT2D eigenvalue weighted by molar-refractivity contribution is -0.0284. The molecular formula is C19H36IN5OS. The summed E-state index contributed by atoms with van der Waals surface area (Å²) in [6, 6.07) is 0. The number of morpholine rings is 1. The van der Waals surface area contributed by atoms with E-state index in [1.807, 2.05) is 0 Å². The van der Waals surface area contributed by atoms with Gasteiger partial charge in [0.2, 0.25) is 0 Å². The Kier molecular flexibility index (Phi) is 10.5. The summed E-state index contributed by atoms with van der Waals surface area (Å²) >= 11 is 1.72. The molecule has 1 aromatic rings. The van der Waals surface area contributed by atoms with Crippen molar-refractivity contribution in [2.75, 3.05) is 39.8 Å². The number of rotatable bonds is 6. The van der Waals surface area contributed by atoms with Crippen molar-refractivity contribution in [3.8, 4) is 0 Å². The SMILES string of the molecule is CN=C(NCc1csc(C(C)(C)C)n1)NCC1CN(CC(C)C)CCO1.I. The number of nitrogens with one attached hydrogen (secondary N) is 2. The van der Waals surface area contributed by atoms with Crippen molar-refractivity contribution >= 4 is 41.3 Å². The summed E-state index contributed by atoms with van der Waals surface area (Å²) in [4.78, 5) is 11.5. The fourth-order valence-electron chi connectivity index (χ4n) is 2.92. The molecule has 27 heavy (non-hydrogen) atoms. The van der Waals surface area contributed by atoms with Crippen LogP contribution in [0.1, 0.15) is 45.3 Å². The van der Waals surface area contributed by atoms with Gasteiger partial charge in [-0.05, 0) is 5.92 Å². The third-order valence-electron chi connectivity index (χ3n) is 4.20. The second-order valence-corrected chi connectivity index (χ2v) is 9.20. The molecule has 2 rings (SSSR count). The van der Waals surface area contributed by atoms with Crippen molar-refractivity contribution < 1.29 is 4.74 Å². The van der Waals surface area contributed by atoms with E-state index in [9.17, 15) is 0 Å². The Hall–Kier alpha value is -0.450. The maximum absolute atomic E-state index is 5.89. The van der Waals surface area contributed by atoms with E-state index in [1.54, 1.807) is 18.4 Å². The lowest BCUT2D eigenvalue weighted by atomic mass is 9.98. The van der Waals surface area contributed by atoms with E-state index >= 15 is 0 Å². The average molecular weight is 510 g/mol. The monoisotopic (exact) mass is 509 g/mol. The van der Waals surface area contributed by atoms with Gasteiger partial charge in [0.1, 0.15) is 0 Å². The quantitative estimate of drug-likeness (QED) is 0.351. The summed E-state index contributed by atoms with van der Waals surface area (Å²) in [5.74, 6) is 1.48. The lowest BCUT2D eigenvalue weighted by Crippen LogP contribution is -2.50. The minimum absolute atomic E-state index is 0. The molecule has 1 aliphatic rings. The molecule has 0 spiro atoms. The molecule has 2 N–H and O–H groups in total. The Morgan fingerprint density at radius 3 is 2.74 bits per heavy atom. The van der Waals surface area contributed by atoms with Gasteiger partial charge in [-0.1, -0.05) is 34.6 Å². The van der Waals surface area contributed by atoms with Gasteiger partial charge in [0, 0.05) is 44.0 Å². The summed E-state index contributed by atoms with van der Waals surface area (Å²) in [7, 11) is 1.80. The van der Waals surface area contributed by atoms with E-state index in [1.165, 1.54) is 0 Å². The van der Waals surface area contributed by atoms with Gasteiger partial charge in [-0.2, -0.15) is 0 Å². The fraction of sp³-hybridized carbons (Fsp3) is 0.789. The number of aromatic nitrogens is 1. The topological polar surface area (TPSA) is 61.8 Å². The Bertz CT molecular complexity index is 585. The second-order valence-electron chi connectivity index (χ2n) is 8.35. The molecule has 8 heteroatoms. The van der Waals surface area contributed by atoms with Crippen LogP contribution in [0, 0.1) is 5.92 Å². The van der Waals surface area contributed by atoms with E-state index in [4.69, 9.17) is 9.72 Å². The van der Waals surface area contributed by atoms with E-state index in [2.05, 4.69) is 60.5 Å². The lowest BCUT2D eigenvalue weighted by Gasteiger charge is -2.34. The first kappa shape index (κ1) is 24.6. The molecule has 1 aliphatic heterocycles. The Morgan fingerprint density at radius 1 is 1.41 bits per heavy atom. The number of aliphatic imine (C=N–C) groups is 1. The molecule has 1 unspecified atom stereocenters. The Labute approximate surface area is 185 Å². The normalized spacial score (nSPS) is 19.1. The van der Waals surface area contributed by atoms with Crippen LogP contribution in [0.2, 0.25) is 0 Å². The molecule has 1 saturated heterocycles. The van der Waals surface area contributed by atoms with Gasteiger partial charge in [0.05, 0.1) is 30.0 Å². The van der Waals surface area contributed by atoms with Crippen molar-refractivity contribution in [1.82, 2.24) is 20.5 Å². The van der Waals surface area contributed by atoms with Gasteiger partial charge in [-0.3, -0.25) is 9.89 Å². The van der Waals surface area contributed by atoms with Crippen LogP contribution >= 0.6 is 35.3 Å². The van der Waals surface area contributed by atoms with Gasteiger partial charge in [0.15, 0.2) is 5.96 Å². The molecule has 1 fully saturated rings. The van der Waals surface area contributed by atoms with E-state index in [-0.39, 0.29) is 35.5 Å². The standard InChI is InChI=1S/C19H35N5OS.HI/c1-14(2)11-24-7-8-25-16(12-24)10-22-18(20-6)21-9-15-13-26-17(23-15)19(3,4)5;/h13-14,16H,7-12H2,1-6H3,(H2,20,21,22);1H. The third-order valence-corrected chi connectivity index (χ3v) is 5.51. The molecule has 156 valence electrons. The van der Waals surface area contributed by atoms with Crippen LogP contribution in [0.4, 0.5) is 0 Å². The number of hydrogen-bond donors (Lipinski definition) is 2. The highest BCUT2D eigenvalue weighted by Gasteiger charge is 2.21. The first-order chi connectivity index (χ1) is 12.3. The van der Waals surface area contributed by atoms with E-state index in [0.29, 0.717) is 12.5 Å². The molecule has 6 nitrogen and oxygen atoms in total. The van der Waals surface area contributed by atoms with Crippen LogP contribution in [-0.2, 0) is 16.7 Å². The molecular weight excluding hydrogens is 473 g/mol. The molecule has 1 atom stereocenters. The fourth-order valence-corrected chi connectivity index (χ4v) is 3.83. The Morgan fingerprint density at radius 2 is 2.15 bits per heavy atom. The van der Waals surface area contributed by atoms with Crippen molar-refractivity contribution in [2.45, 2.75) is 52.7 Å². The Balaban J connectivity index is 0.00000364. The van der Waals surface area contributed by atoms with E-state index < -0.39 is 0 Å². The zero-order valence-corrected chi connectivity index (χ0v) is 20.7. The first-order valence-corrected chi connectivity index (χ1v) is 10.4. The third kappa shape index (κ3) is 8.62. The number of guanidine groups is 1. The van der Waals surface area contributed by atoms with Crippen molar-refractivity contribution in [1.29, 1.82) is 0 Å². The molecule has 0 radical (unpaired) electrons. The first-order valence-electron chi connectivity index (χ1n) is 9.51. The molecule has 0 aromatic carbocycles. The van der Waals surface area contributed by atoms with Crippen LogP contribution in [0.25, 0.3) is 0 Å². The summed E-state index contributed by atoms with van der Waals surface area (Å²) in [6.45, 7) is 16.5. The molecule has 2 heterocycles. The summed E-state index contributed by atoms with van der Waals surface area (Å²) < 4.78 is 5.89. The number of hydrogen-bond acceptors (Lipinski definition) is 5. The van der Waals surface area contributed by atoms with Gasteiger partial charge in [-0.25, -0.2) is 4.98 Å². The van der Waals surface area contributed by atoms with Gasteiger partial charge < -0.3 is 15.4 Å². The van der Waals surface area contributed by atoms with Crippen LogP contribution in [0.15, 0.2) is 10.4 Å². The minimum atomic E-state index is 0. The van der Waals surface area contributed by atoms with Crippen LogP contribution in [-0.4, -0.2) is 61.8 Å². The van der Waals surface area contributed by atoms with Crippen LogP contribution in [0.3, 0.4) is 0 Å². The zero-order chi connectivity index (χ0) is 19.2. The van der Waals surface area contributed by atoms with Crippen molar-refractivity contribution in [3.05, 3.63) is 16.1 Å². The molecule has 0 bridgehead atoms. The molecule has 0 saturated carbocycles. The van der Waals surface area contributed by atoms with E-state index in [0.717, 1.165) is 49.4 Å². The highest BCUT2D eigenvalue weighted by molar-refractivity contribution is 14.0. The minimum Gasteiger partial charge on any atom is -0.374 e. The van der Waals surface area contributed by atoms with Crippen molar-refractivity contribution in [2.24, 2.45) is 10.9 Å². The number of thiazole rings is 1. The maximum atomic E-state index is 5.89. The summed E-state index contributed by atoms with van der Waals surface area (Å²) in [5, 5.41) is 10.0. The number of ether oxygens (including phenoxy) is 1. The molecule has 0 amide bonds. The number of halogens is 1. The summed E-state index contributed by atoms with van der Waals surface area (Å²) in [5.41, 5.74) is 1.16. The van der Waals surface area contributed by atoms with Crippen LogP contribution in [0.5, 0.6) is 0 Å². The highest BCUT2D eigenvalue weighted by atomic mass is 127. The zero-order valence-electron chi connectivity index (χ0n) is 17.5.